The molecular weight excluding hydrogens is 492 g/mol. The normalized spacial score (nSPS) is 11.2. The molecule has 3 aromatic rings. The summed E-state index contributed by atoms with van der Waals surface area (Å²) in [6.07, 6.45) is 0. The highest BCUT2D eigenvalue weighted by atomic mass is 79.9. The summed E-state index contributed by atoms with van der Waals surface area (Å²) in [6.45, 7) is 5.48. The smallest absolute Gasteiger partial charge is 0.264 e. The van der Waals surface area contributed by atoms with Crippen molar-refractivity contribution in [3.05, 3.63) is 81.8 Å². The van der Waals surface area contributed by atoms with Crippen molar-refractivity contribution in [2.24, 2.45) is 0 Å². The van der Waals surface area contributed by atoms with E-state index in [-0.39, 0.29) is 11.4 Å². The zero-order chi connectivity index (χ0) is 23.5. The molecule has 0 saturated heterocycles. The van der Waals surface area contributed by atoms with Gasteiger partial charge in [0, 0.05) is 5.69 Å². The van der Waals surface area contributed by atoms with Gasteiger partial charge in [0.15, 0.2) is 0 Å². The molecule has 0 radical (unpaired) electrons. The Labute approximate surface area is 197 Å². The summed E-state index contributed by atoms with van der Waals surface area (Å²) in [7, 11) is -2.53. The number of sulfonamides is 1. The second-order valence-corrected chi connectivity index (χ2v) is 10.2. The maximum Gasteiger partial charge on any atom is 0.264 e. The van der Waals surface area contributed by atoms with Crippen molar-refractivity contribution in [1.82, 2.24) is 0 Å². The molecule has 3 rings (SSSR count). The first-order chi connectivity index (χ1) is 15.1. The lowest BCUT2D eigenvalue weighted by molar-refractivity contribution is -0.114. The first kappa shape index (κ1) is 23.8. The van der Waals surface area contributed by atoms with Crippen LogP contribution in [0.25, 0.3) is 0 Å². The Hall–Kier alpha value is -2.84. The van der Waals surface area contributed by atoms with Crippen LogP contribution in [0.1, 0.15) is 16.7 Å². The topological polar surface area (TPSA) is 75.7 Å². The van der Waals surface area contributed by atoms with E-state index in [1.807, 2.05) is 45.0 Å². The number of hydrogen-bond donors (Lipinski definition) is 1. The van der Waals surface area contributed by atoms with Crippen LogP contribution in [0.4, 0.5) is 11.4 Å². The van der Waals surface area contributed by atoms with Gasteiger partial charge in [0.1, 0.15) is 12.3 Å². The average molecular weight is 517 g/mol. The number of carbonyl (C=O) groups is 1. The highest BCUT2D eigenvalue weighted by Crippen LogP contribution is 2.31. The van der Waals surface area contributed by atoms with E-state index >= 15 is 0 Å². The standard InChI is InChI=1S/C24H25BrN2O4S/c1-16-5-9-20(10-6-16)27(15-24(28)26-19-8-7-17(2)18(3)13-19)32(29,30)21-11-12-23(31-4)22(25)14-21/h5-14H,15H2,1-4H3,(H,26,28). The Morgan fingerprint density at radius 2 is 1.66 bits per heavy atom. The molecule has 0 saturated carbocycles. The monoisotopic (exact) mass is 516 g/mol. The SMILES string of the molecule is COc1ccc(S(=O)(=O)N(CC(=O)Nc2ccc(C)c(C)c2)c2ccc(C)cc2)cc1Br. The van der Waals surface area contributed by atoms with Gasteiger partial charge in [-0.3, -0.25) is 9.10 Å². The number of aryl methyl sites for hydroxylation is 3. The molecule has 8 heteroatoms. The Morgan fingerprint density at radius 3 is 2.25 bits per heavy atom. The molecule has 1 amide bonds. The molecule has 168 valence electrons. The van der Waals surface area contributed by atoms with Gasteiger partial charge in [0.05, 0.1) is 22.2 Å². The molecule has 0 aromatic heterocycles. The number of methoxy groups -OCH3 is 1. The predicted octanol–water partition coefficient (Wildman–Crippen LogP) is 5.22. The van der Waals surface area contributed by atoms with E-state index in [2.05, 4.69) is 21.2 Å². The highest BCUT2D eigenvalue weighted by Gasteiger charge is 2.28. The zero-order valence-electron chi connectivity index (χ0n) is 18.3. The third-order valence-electron chi connectivity index (χ3n) is 5.11. The van der Waals surface area contributed by atoms with Gasteiger partial charge >= 0.3 is 0 Å². The molecule has 0 heterocycles. The van der Waals surface area contributed by atoms with Crippen LogP contribution >= 0.6 is 15.9 Å². The fraction of sp³-hybridized carbons (Fsp3) is 0.208. The molecule has 0 spiro atoms. The minimum atomic E-state index is -4.03. The van der Waals surface area contributed by atoms with Crippen LogP contribution in [-0.2, 0) is 14.8 Å². The number of nitrogens with zero attached hydrogens (tertiary/aromatic N) is 1. The van der Waals surface area contributed by atoms with Crippen LogP contribution in [0.15, 0.2) is 70.0 Å². The van der Waals surface area contributed by atoms with Crippen LogP contribution in [0.3, 0.4) is 0 Å². The second-order valence-electron chi connectivity index (χ2n) is 7.49. The predicted molar refractivity (Wildman–Crippen MR) is 131 cm³/mol. The first-order valence-corrected chi connectivity index (χ1v) is 12.1. The second kappa shape index (κ2) is 9.75. The van der Waals surface area contributed by atoms with Crippen molar-refractivity contribution in [2.75, 3.05) is 23.3 Å². The van der Waals surface area contributed by atoms with E-state index in [0.29, 0.717) is 21.6 Å². The fourth-order valence-electron chi connectivity index (χ4n) is 3.11. The van der Waals surface area contributed by atoms with Crippen LogP contribution in [0, 0.1) is 20.8 Å². The van der Waals surface area contributed by atoms with E-state index in [9.17, 15) is 13.2 Å². The quantitative estimate of drug-likeness (QED) is 0.467. The van der Waals surface area contributed by atoms with Crippen LogP contribution in [-0.4, -0.2) is 28.0 Å². The Balaban J connectivity index is 1.96. The summed E-state index contributed by atoms with van der Waals surface area (Å²) < 4.78 is 33.9. The van der Waals surface area contributed by atoms with Gasteiger partial charge in [-0.05, 0) is 90.3 Å². The number of anilines is 2. The van der Waals surface area contributed by atoms with Crippen LogP contribution in [0.2, 0.25) is 0 Å². The van der Waals surface area contributed by atoms with Gasteiger partial charge in [0.25, 0.3) is 10.0 Å². The summed E-state index contributed by atoms with van der Waals surface area (Å²) in [4.78, 5) is 12.9. The number of carbonyl (C=O) groups excluding carboxylic acids is 1. The van der Waals surface area contributed by atoms with Gasteiger partial charge < -0.3 is 10.1 Å². The molecule has 3 aromatic carbocycles. The third kappa shape index (κ3) is 5.31. The molecule has 0 unspecified atom stereocenters. The van der Waals surface area contributed by atoms with Gasteiger partial charge in [-0.15, -0.1) is 0 Å². The van der Waals surface area contributed by atoms with Gasteiger partial charge in [-0.2, -0.15) is 0 Å². The van der Waals surface area contributed by atoms with E-state index in [4.69, 9.17) is 4.74 Å². The molecule has 0 aliphatic carbocycles. The highest BCUT2D eigenvalue weighted by molar-refractivity contribution is 9.10. The average Bonchev–Trinajstić information content (AvgIpc) is 2.75. The maximum absolute atomic E-state index is 13.5. The molecule has 1 N–H and O–H groups in total. The van der Waals surface area contributed by atoms with E-state index in [1.54, 1.807) is 24.3 Å². The number of amides is 1. The number of rotatable bonds is 7. The largest absolute Gasteiger partial charge is 0.496 e. The summed E-state index contributed by atoms with van der Waals surface area (Å²) in [5, 5.41) is 2.80. The van der Waals surface area contributed by atoms with E-state index in [1.165, 1.54) is 19.2 Å². The number of ether oxygens (including phenoxy) is 1. The van der Waals surface area contributed by atoms with Crippen molar-refractivity contribution in [3.8, 4) is 5.75 Å². The fourth-order valence-corrected chi connectivity index (χ4v) is 5.25. The number of halogens is 1. The summed E-state index contributed by atoms with van der Waals surface area (Å²) in [5.41, 5.74) is 4.15. The molecule has 0 aliphatic rings. The first-order valence-electron chi connectivity index (χ1n) is 9.92. The minimum Gasteiger partial charge on any atom is -0.496 e. The van der Waals surface area contributed by atoms with Gasteiger partial charge in [0.2, 0.25) is 5.91 Å². The lowest BCUT2D eigenvalue weighted by Crippen LogP contribution is -2.38. The zero-order valence-corrected chi connectivity index (χ0v) is 20.7. The summed E-state index contributed by atoms with van der Waals surface area (Å²) in [5.74, 6) is 0.0725. The lowest BCUT2D eigenvalue weighted by Gasteiger charge is -2.24. The van der Waals surface area contributed by atoms with Gasteiger partial charge in [-0.25, -0.2) is 8.42 Å². The van der Waals surface area contributed by atoms with E-state index in [0.717, 1.165) is 21.0 Å². The Bertz CT molecular complexity index is 1240. The Kier molecular flexibility index (Phi) is 7.26. The summed E-state index contributed by atoms with van der Waals surface area (Å²) >= 11 is 3.34. The minimum absolute atomic E-state index is 0.0460. The molecular formula is C24H25BrN2O4S. The Morgan fingerprint density at radius 1 is 0.969 bits per heavy atom. The van der Waals surface area contributed by atoms with Crippen molar-refractivity contribution in [2.45, 2.75) is 25.7 Å². The van der Waals surface area contributed by atoms with Crippen molar-refractivity contribution in [3.63, 3.8) is 0 Å². The van der Waals surface area contributed by atoms with E-state index < -0.39 is 15.9 Å². The molecule has 0 aliphatic heterocycles. The lowest BCUT2D eigenvalue weighted by atomic mass is 10.1. The number of hydrogen-bond acceptors (Lipinski definition) is 4. The molecule has 0 bridgehead atoms. The van der Waals surface area contributed by atoms with Gasteiger partial charge in [-0.1, -0.05) is 23.8 Å². The number of benzene rings is 3. The summed E-state index contributed by atoms with van der Waals surface area (Å²) in [6, 6.07) is 17.1. The van der Waals surface area contributed by atoms with Crippen LogP contribution in [0.5, 0.6) is 5.75 Å². The molecule has 0 fully saturated rings. The van der Waals surface area contributed by atoms with Crippen molar-refractivity contribution < 1.29 is 17.9 Å². The maximum atomic E-state index is 13.5. The third-order valence-corrected chi connectivity index (χ3v) is 7.50. The van der Waals surface area contributed by atoms with Crippen molar-refractivity contribution in [1.29, 1.82) is 0 Å². The molecule has 0 atom stereocenters. The van der Waals surface area contributed by atoms with Crippen molar-refractivity contribution >= 4 is 43.2 Å². The van der Waals surface area contributed by atoms with Crippen LogP contribution < -0.4 is 14.4 Å². The molecule has 6 nitrogen and oxygen atoms in total. The number of nitrogens with one attached hydrogen (secondary N) is 1. The molecule has 32 heavy (non-hydrogen) atoms.